The van der Waals surface area contributed by atoms with E-state index in [1.807, 2.05) is 12.1 Å². The van der Waals surface area contributed by atoms with Gasteiger partial charge in [0, 0.05) is 16.5 Å². The van der Waals surface area contributed by atoms with Crippen molar-refractivity contribution in [2.75, 3.05) is 6.79 Å². The Bertz CT molecular complexity index is 576. The number of unbranched alkanes of at least 4 members (excludes halogenated alkanes) is 6. The van der Waals surface area contributed by atoms with Crippen LogP contribution >= 0.6 is 15.9 Å². The summed E-state index contributed by atoms with van der Waals surface area (Å²) in [6, 6.07) is 3.67. The normalized spacial score (nSPS) is 12.8. The van der Waals surface area contributed by atoms with Crippen molar-refractivity contribution in [3.63, 3.8) is 0 Å². The van der Waals surface area contributed by atoms with Gasteiger partial charge in [0.2, 0.25) is 12.7 Å². The molecule has 5 nitrogen and oxygen atoms in total. The predicted molar refractivity (Wildman–Crippen MR) is 98.6 cm³/mol. The molecule has 1 heterocycles. The highest BCUT2D eigenvalue weighted by Gasteiger charge is 2.15. The average Bonchev–Trinajstić information content (AvgIpc) is 3.01. The average molecular weight is 397 g/mol. The number of amides is 1. The van der Waals surface area contributed by atoms with Crippen LogP contribution in [-0.2, 0) is 4.79 Å². The fraction of sp³-hybridized carbons (Fsp3) is 0.556. The molecule has 0 aliphatic carbocycles. The maximum Gasteiger partial charge on any atom is 0.240 e. The zero-order chi connectivity index (χ0) is 17.2. The molecular weight excluding hydrogens is 372 g/mol. The molecule has 1 aliphatic rings. The summed E-state index contributed by atoms with van der Waals surface area (Å²) in [4.78, 5) is 11.8. The summed E-state index contributed by atoms with van der Waals surface area (Å²) in [5.41, 5.74) is 3.40. The third-order valence-corrected chi connectivity index (χ3v) is 4.58. The third-order valence-electron chi connectivity index (χ3n) is 3.89. The second kappa shape index (κ2) is 10.3. The van der Waals surface area contributed by atoms with Gasteiger partial charge in [0.25, 0.3) is 0 Å². The van der Waals surface area contributed by atoms with Crippen molar-refractivity contribution in [1.82, 2.24) is 5.43 Å². The van der Waals surface area contributed by atoms with Gasteiger partial charge in [-0.15, -0.1) is 0 Å². The lowest BCUT2D eigenvalue weighted by Crippen LogP contribution is -2.16. The van der Waals surface area contributed by atoms with Crippen LogP contribution in [0, 0.1) is 0 Å². The van der Waals surface area contributed by atoms with Gasteiger partial charge in [-0.05, 0) is 34.5 Å². The summed E-state index contributed by atoms with van der Waals surface area (Å²) in [5.74, 6) is 1.35. The lowest BCUT2D eigenvalue weighted by Gasteiger charge is -2.03. The molecule has 0 saturated carbocycles. The van der Waals surface area contributed by atoms with Crippen LogP contribution in [0.15, 0.2) is 21.7 Å². The molecule has 132 valence electrons. The van der Waals surface area contributed by atoms with Gasteiger partial charge in [-0.2, -0.15) is 5.10 Å². The number of carbonyl (C=O) groups excluding carboxylic acids is 1. The van der Waals surface area contributed by atoms with Crippen LogP contribution in [0.1, 0.15) is 63.9 Å². The van der Waals surface area contributed by atoms with Gasteiger partial charge in [0.1, 0.15) is 0 Å². The van der Waals surface area contributed by atoms with Crippen LogP contribution in [0.2, 0.25) is 0 Å². The lowest BCUT2D eigenvalue weighted by molar-refractivity contribution is -0.121. The van der Waals surface area contributed by atoms with Gasteiger partial charge in [-0.1, -0.05) is 45.4 Å². The number of rotatable bonds is 10. The minimum absolute atomic E-state index is 0.0447. The number of halogens is 1. The topological polar surface area (TPSA) is 59.9 Å². The number of fused-ring (bicyclic) bond motifs is 1. The molecule has 1 amide bonds. The van der Waals surface area contributed by atoms with Crippen molar-refractivity contribution >= 4 is 28.1 Å². The van der Waals surface area contributed by atoms with Crippen LogP contribution in [-0.4, -0.2) is 18.9 Å². The SMILES string of the molecule is CCCCCCCCCC(=O)NN=Cc1cc2c(cc1Br)OCO2. The number of benzene rings is 1. The minimum Gasteiger partial charge on any atom is -0.454 e. The number of carbonyl (C=O) groups is 1. The summed E-state index contributed by atoms with van der Waals surface area (Å²) >= 11 is 3.45. The van der Waals surface area contributed by atoms with Gasteiger partial charge in [0.05, 0.1) is 6.21 Å². The standard InChI is InChI=1S/C18H25BrN2O3/c1-2-3-4-5-6-7-8-9-18(22)21-20-12-14-10-16-17(11-15(14)19)24-13-23-16/h10-12H,2-9,13H2,1H3,(H,21,22). The van der Waals surface area contributed by atoms with E-state index in [0.717, 1.165) is 22.9 Å². The van der Waals surface area contributed by atoms with Gasteiger partial charge >= 0.3 is 0 Å². The number of hydrogen-bond acceptors (Lipinski definition) is 4. The zero-order valence-electron chi connectivity index (χ0n) is 14.1. The molecule has 6 heteroatoms. The summed E-state index contributed by atoms with van der Waals surface area (Å²) in [6.45, 7) is 2.45. The number of nitrogens with one attached hydrogen (secondary N) is 1. The van der Waals surface area contributed by atoms with Crippen LogP contribution in [0.5, 0.6) is 11.5 Å². The first-order valence-corrected chi connectivity index (χ1v) is 9.41. The predicted octanol–water partition coefficient (Wildman–Crippen LogP) is 4.77. The Morgan fingerprint density at radius 2 is 1.83 bits per heavy atom. The van der Waals surface area contributed by atoms with E-state index in [-0.39, 0.29) is 12.7 Å². The summed E-state index contributed by atoms with van der Waals surface area (Å²) in [7, 11) is 0. The maximum absolute atomic E-state index is 11.8. The van der Waals surface area contributed by atoms with Crippen molar-refractivity contribution in [3.8, 4) is 11.5 Å². The van der Waals surface area contributed by atoms with E-state index in [2.05, 4.69) is 33.4 Å². The van der Waals surface area contributed by atoms with Crippen molar-refractivity contribution in [1.29, 1.82) is 0 Å². The molecule has 1 N–H and O–H groups in total. The fourth-order valence-corrected chi connectivity index (χ4v) is 2.93. The summed E-state index contributed by atoms with van der Waals surface area (Å²) in [6.07, 6.45) is 10.5. The molecular formula is C18H25BrN2O3. The van der Waals surface area contributed by atoms with E-state index in [0.29, 0.717) is 17.9 Å². The van der Waals surface area contributed by atoms with E-state index in [1.165, 1.54) is 32.1 Å². The van der Waals surface area contributed by atoms with Crippen molar-refractivity contribution in [2.45, 2.75) is 58.3 Å². The molecule has 0 saturated heterocycles. The molecule has 0 spiro atoms. The number of ether oxygens (including phenoxy) is 2. The molecule has 0 fully saturated rings. The largest absolute Gasteiger partial charge is 0.454 e. The maximum atomic E-state index is 11.8. The quantitative estimate of drug-likeness (QED) is 0.352. The molecule has 24 heavy (non-hydrogen) atoms. The molecule has 0 aromatic heterocycles. The first-order chi connectivity index (χ1) is 11.7. The Labute approximate surface area is 151 Å². The second-order valence-electron chi connectivity index (χ2n) is 5.89. The Morgan fingerprint density at radius 1 is 1.17 bits per heavy atom. The molecule has 1 aliphatic heterocycles. The summed E-state index contributed by atoms with van der Waals surface area (Å²) < 4.78 is 11.5. The van der Waals surface area contributed by atoms with Crippen LogP contribution in [0.25, 0.3) is 0 Å². The Hall–Kier alpha value is -1.56. The van der Waals surface area contributed by atoms with Crippen LogP contribution in [0.4, 0.5) is 0 Å². The van der Waals surface area contributed by atoms with E-state index >= 15 is 0 Å². The van der Waals surface area contributed by atoms with Gasteiger partial charge in [0.15, 0.2) is 11.5 Å². The first-order valence-electron chi connectivity index (χ1n) is 8.61. The minimum atomic E-state index is -0.0447. The zero-order valence-corrected chi connectivity index (χ0v) is 15.7. The highest BCUT2D eigenvalue weighted by molar-refractivity contribution is 9.10. The smallest absolute Gasteiger partial charge is 0.240 e. The van der Waals surface area contributed by atoms with Gasteiger partial charge < -0.3 is 9.47 Å². The highest BCUT2D eigenvalue weighted by Crippen LogP contribution is 2.36. The molecule has 2 rings (SSSR count). The Kier molecular flexibility index (Phi) is 8.08. The second-order valence-corrected chi connectivity index (χ2v) is 6.75. The van der Waals surface area contributed by atoms with E-state index < -0.39 is 0 Å². The van der Waals surface area contributed by atoms with Gasteiger partial charge in [-0.25, -0.2) is 5.43 Å². The number of hydrazone groups is 1. The molecule has 1 aromatic carbocycles. The monoisotopic (exact) mass is 396 g/mol. The van der Waals surface area contributed by atoms with E-state index in [9.17, 15) is 4.79 Å². The first kappa shape index (κ1) is 18.8. The number of hydrogen-bond donors (Lipinski definition) is 1. The molecule has 0 atom stereocenters. The highest BCUT2D eigenvalue weighted by atomic mass is 79.9. The van der Waals surface area contributed by atoms with E-state index in [4.69, 9.17) is 9.47 Å². The van der Waals surface area contributed by atoms with Crippen LogP contribution in [0.3, 0.4) is 0 Å². The van der Waals surface area contributed by atoms with Crippen molar-refractivity contribution < 1.29 is 14.3 Å². The number of nitrogens with zero attached hydrogens (tertiary/aromatic N) is 1. The molecule has 1 aromatic rings. The fourth-order valence-electron chi connectivity index (χ4n) is 2.50. The Morgan fingerprint density at radius 3 is 2.58 bits per heavy atom. The van der Waals surface area contributed by atoms with Crippen molar-refractivity contribution in [2.24, 2.45) is 5.10 Å². The van der Waals surface area contributed by atoms with E-state index in [1.54, 1.807) is 6.21 Å². The van der Waals surface area contributed by atoms with Crippen molar-refractivity contribution in [3.05, 3.63) is 22.2 Å². The third kappa shape index (κ3) is 6.15. The summed E-state index contributed by atoms with van der Waals surface area (Å²) in [5, 5.41) is 4.02. The molecule has 0 unspecified atom stereocenters. The Balaban J connectivity index is 1.66. The molecule has 0 radical (unpaired) electrons. The molecule has 0 bridgehead atoms. The lowest BCUT2D eigenvalue weighted by atomic mass is 10.1. The van der Waals surface area contributed by atoms with Crippen LogP contribution < -0.4 is 14.9 Å². The van der Waals surface area contributed by atoms with Gasteiger partial charge in [-0.3, -0.25) is 4.79 Å².